The van der Waals surface area contributed by atoms with Crippen LogP contribution < -0.4 is 10.6 Å². The third-order valence-corrected chi connectivity index (χ3v) is 6.90. The zero-order valence-corrected chi connectivity index (χ0v) is 20.1. The van der Waals surface area contributed by atoms with Crippen molar-refractivity contribution in [2.24, 2.45) is 0 Å². The fraction of sp³-hybridized carbons (Fsp3) is 0.481. The van der Waals surface area contributed by atoms with Gasteiger partial charge in [-0.05, 0) is 69.6 Å². The number of likely N-dealkylation sites (N-methyl/N-ethyl adjacent to an activating group) is 1. The fourth-order valence-corrected chi connectivity index (χ4v) is 4.54. The highest BCUT2D eigenvalue weighted by molar-refractivity contribution is 5.97. The Hall–Kier alpha value is -2.77. The lowest BCUT2D eigenvalue weighted by Crippen LogP contribution is -2.54. The predicted octanol–water partition coefficient (Wildman–Crippen LogP) is 2.93. The summed E-state index contributed by atoms with van der Waals surface area (Å²) < 4.78 is 13.2. The second kappa shape index (κ2) is 11.1. The van der Waals surface area contributed by atoms with Crippen molar-refractivity contribution in [2.45, 2.75) is 44.2 Å². The molecular formula is C27H35FN4O2. The number of amides is 2. The van der Waals surface area contributed by atoms with Crippen molar-refractivity contribution in [1.29, 1.82) is 0 Å². The van der Waals surface area contributed by atoms with E-state index in [1.807, 2.05) is 11.9 Å². The number of nitrogens with zero attached hydrogens (tertiary/aromatic N) is 2. The number of nitrogens with one attached hydrogen (secondary N) is 2. The van der Waals surface area contributed by atoms with Crippen LogP contribution >= 0.6 is 0 Å². The first-order valence-electron chi connectivity index (χ1n) is 12.2. The van der Waals surface area contributed by atoms with Crippen LogP contribution in [-0.4, -0.2) is 73.5 Å². The number of halogens is 1. The largest absolute Gasteiger partial charge is 0.340 e. The number of benzene rings is 2. The Bertz CT molecular complexity index is 971. The van der Waals surface area contributed by atoms with Gasteiger partial charge in [-0.3, -0.25) is 9.59 Å². The van der Waals surface area contributed by atoms with Crippen molar-refractivity contribution in [3.63, 3.8) is 0 Å². The molecule has 2 N–H and O–H groups in total. The van der Waals surface area contributed by atoms with Crippen molar-refractivity contribution in [3.05, 3.63) is 71.0 Å². The molecule has 34 heavy (non-hydrogen) atoms. The van der Waals surface area contributed by atoms with E-state index >= 15 is 0 Å². The lowest BCUT2D eigenvalue weighted by molar-refractivity contribution is -0.135. The molecule has 0 bridgehead atoms. The van der Waals surface area contributed by atoms with Crippen LogP contribution in [0.25, 0.3) is 0 Å². The topological polar surface area (TPSA) is 64.7 Å². The summed E-state index contributed by atoms with van der Waals surface area (Å²) in [7, 11) is 2.04. The number of piperazine rings is 1. The molecule has 0 radical (unpaired) electrons. The summed E-state index contributed by atoms with van der Waals surface area (Å²) in [6, 6.07) is 14.0. The third-order valence-electron chi connectivity index (χ3n) is 6.90. The highest BCUT2D eigenvalue weighted by Gasteiger charge is 2.37. The molecule has 182 valence electrons. The molecule has 3 atom stereocenters. The number of hydrogen-bond acceptors (Lipinski definition) is 4. The van der Waals surface area contributed by atoms with E-state index in [9.17, 15) is 14.0 Å². The van der Waals surface area contributed by atoms with Gasteiger partial charge in [-0.2, -0.15) is 0 Å². The second-order valence-corrected chi connectivity index (χ2v) is 9.62. The van der Waals surface area contributed by atoms with Crippen molar-refractivity contribution < 1.29 is 14.0 Å². The lowest BCUT2D eigenvalue weighted by Gasteiger charge is -2.34. The summed E-state index contributed by atoms with van der Waals surface area (Å²) in [5, 5.41) is 6.52. The van der Waals surface area contributed by atoms with Crippen LogP contribution in [0.5, 0.6) is 0 Å². The van der Waals surface area contributed by atoms with Crippen molar-refractivity contribution in [3.8, 4) is 0 Å². The first-order valence-corrected chi connectivity index (χ1v) is 12.2. The van der Waals surface area contributed by atoms with E-state index in [0.29, 0.717) is 37.0 Å². The van der Waals surface area contributed by atoms with Gasteiger partial charge >= 0.3 is 0 Å². The summed E-state index contributed by atoms with van der Waals surface area (Å²) in [5.41, 5.74) is 3.00. The Kier molecular flexibility index (Phi) is 7.95. The minimum absolute atomic E-state index is 0.0347. The zero-order valence-electron chi connectivity index (χ0n) is 20.1. The van der Waals surface area contributed by atoms with Crippen molar-refractivity contribution in [2.75, 3.05) is 39.8 Å². The molecule has 7 heteroatoms. The third kappa shape index (κ3) is 6.42. The van der Waals surface area contributed by atoms with Crippen LogP contribution in [-0.2, 0) is 4.79 Å². The zero-order chi connectivity index (χ0) is 24.1. The number of aryl methyl sites for hydroxylation is 1. The monoisotopic (exact) mass is 466 g/mol. The molecule has 1 heterocycles. The molecule has 0 spiro atoms. The Labute approximate surface area is 201 Å². The standard InChI is InChI=1S/C27H35FN4O2/c1-19-5-7-20(8-6-19)23-18-25(23)29-13-3-4-24(27(34)32-16-14-31(2)15-17-32)30-26(33)21-9-11-22(28)12-10-21/h5-12,23-25,29H,3-4,13-18H2,1-2H3,(H,30,33)/t23-,24-,25+/m0/s1. The number of rotatable bonds is 9. The van der Waals surface area contributed by atoms with Gasteiger partial charge in [0.1, 0.15) is 11.9 Å². The highest BCUT2D eigenvalue weighted by atomic mass is 19.1. The molecule has 2 amide bonds. The molecule has 0 unspecified atom stereocenters. The van der Waals surface area contributed by atoms with Crippen LogP contribution in [0, 0.1) is 12.7 Å². The van der Waals surface area contributed by atoms with Crippen LogP contribution in [0.15, 0.2) is 48.5 Å². The minimum Gasteiger partial charge on any atom is -0.340 e. The molecule has 2 aromatic carbocycles. The first-order chi connectivity index (χ1) is 16.4. The van der Waals surface area contributed by atoms with Gasteiger partial charge in [0.15, 0.2) is 0 Å². The van der Waals surface area contributed by atoms with Crippen LogP contribution in [0.4, 0.5) is 4.39 Å². The van der Waals surface area contributed by atoms with Crippen LogP contribution in [0.2, 0.25) is 0 Å². The minimum atomic E-state index is -0.588. The van der Waals surface area contributed by atoms with E-state index in [4.69, 9.17) is 0 Å². The average Bonchev–Trinajstić information content (AvgIpc) is 3.61. The molecule has 1 saturated carbocycles. The van der Waals surface area contributed by atoms with Crippen LogP contribution in [0.1, 0.15) is 46.7 Å². The molecule has 0 aromatic heterocycles. The first kappa shape index (κ1) is 24.4. The summed E-state index contributed by atoms with van der Waals surface area (Å²) in [6.07, 6.45) is 2.48. The van der Waals surface area contributed by atoms with Gasteiger partial charge in [0.2, 0.25) is 5.91 Å². The highest BCUT2D eigenvalue weighted by Crippen LogP contribution is 2.40. The summed E-state index contributed by atoms with van der Waals surface area (Å²) in [6.45, 7) is 5.88. The summed E-state index contributed by atoms with van der Waals surface area (Å²) >= 11 is 0. The smallest absolute Gasteiger partial charge is 0.251 e. The summed E-state index contributed by atoms with van der Waals surface area (Å²) in [5.74, 6) is -0.215. The average molecular weight is 467 g/mol. The number of hydrogen-bond donors (Lipinski definition) is 2. The molecule has 2 aromatic rings. The Morgan fingerprint density at radius 1 is 1.03 bits per heavy atom. The molecule has 1 aliphatic carbocycles. The maximum absolute atomic E-state index is 13.2. The van der Waals surface area contributed by atoms with Gasteiger partial charge in [-0.15, -0.1) is 0 Å². The lowest BCUT2D eigenvalue weighted by atomic mass is 10.1. The maximum atomic E-state index is 13.2. The Balaban J connectivity index is 1.30. The van der Waals surface area contributed by atoms with E-state index in [1.54, 1.807) is 0 Å². The maximum Gasteiger partial charge on any atom is 0.251 e. The fourth-order valence-electron chi connectivity index (χ4n) is 4.54. The van der Waals surface area contributed by atoms with Gasteiger partial charge in [0.05, 0.1) is 0 Å². The van der Waals surface area contributed by atoms with Crippen molar-refractivity contribution in [1.82, 2.24) is 20.4 Å². The normalized spacial score (nSPS) is 21.2. The van der Waals surface area contributed by atoms with E-state index in [2.05, 4.69) is 46.7 Å². The van der Waals surface area contributed by atoms with E-state index in [1.165, 1.54) is 35.4 Å². The quantitative estimate of drug-likeness (QED) is 0.558. The van der Waals surface area contributed by atoms with Gasteiger partial charge in [-0.25, -0.2) is 4.39 Å². The van der Waals surface area contributed by atoms with Crippen LogP contribution in [0.3, 0.4) is 0 Å². The predicted molar refractivity (Wildman–Crippen MR) is 131 cm³/mol. The van der Waals surface area contributed by atoms with E-state index in [0.717, 1.165) is 32.5 Å². The van der Waals surface area contributed by atoms with E-state index in [-0.39, 0.29) is 11.8 Å². The number of carbonyl (C=O) groups excluding carboxylic acids is 2. The number of carbonyl (C=O) groups is 2. The van der Waals surface area contributed by atoms with Gasteiger partial charge in [-0.1, -0.05) is 29.8 Å². The van der Waals surface area contributed by atoms with Gasteiger partial charge in [0.25, 0.3) is 5.91 Å². The molecule has 1 saturated heterocycles. The van der Waals surface area contributed by atoms with Gasteiger partial charge < -0.3 is 20.4 Å². The molecule has 4 rings (SSSR count). The second-order valence-electron chi connectivity index (χ2n) is 9.62. The SMILES string of the molecule is Cc1ccc([C@@H]2C[C@H]2NCCC[C@H](NC(=O)c2ccc(F)cc2)C(=O)N2CCN(C)CC2)cc1. The molecular weight excluding hydrogens is 431 g/mol. The molecule has 6 nitrogen and oxygen atoms in total. The van der Waals surface area contributed by atoms with Crippen molar-refractivity contribution >= 4 is 11.8 Å². The molecule has 2 fully saturated rings. The van der Waals surface area contributed by atoms with E-state index < -0.39 is 11.9 Å². The Morgan fingerprint density at radius 2 is 1.71 bits per heavy atom. The Morgan fingerprint density at radius 3 is 2.38 bits per heavy atom. The summed E-state index contributed by atoms with van der Waals surface area (Å²) in [4.78, 5) is 30.0. The van der Waals surface area contributed by atoms with Gasteiger partial charge in [0, 0.05) is 43.7 Å². The molecule has 1 aliphatic heterocycles. The molecule has 2 aliphatic rings.